The molecular formula is C14H12ClF3N2. The molecule has 1 N–H and O–H groups in total. The van der Waals surface area contributed by atoms with E-state index in [4.69, 9.17) is 11.6 Å². The number of hydrogen-bond donors (Lipinski definition) is 1. The molecule has 0 atom stereocenters. The minimum atomic E-state index is -4.44. The third-order valence-electron chi connectivity index (χ3n) is 2.71. The van der Waals surface area contributed by atoms with Gasteiger partial charge in [-0.1, -0.05) is 12.1 Å². The number of anilines is 2. The van der Waals surface area contributed by atoms with Gasteiger partial charge in [-0.25, -0.2) is 4.98 Å². The smallest absolute Gasteiger partial charge is 0.340 e. The molecule has 0 saturated heterocycles. The van der Waals surface area contributed by atoms with E-state index in [0.29, 0.717) is 11.6 Å². The van der Waals surface area contributed by atoms with Crippen molar-refractivity contribution < 1.29 is 13.2 Å². The first kappa shape index (κ1) is 14.7. The standard InChI is InChI=1S/C14H12ClF3N2/c15-8-7-10-3-5-11(6-4-10)20-13-12(14(16,17)18)2-1-9-19-13/h1-6,9H,7-8H2,(H,19,20). The third-order valence-corrected chi connectivity index (χ3v) is 2.90. The Kier molecular flexibility index (Phi) is 4.49. The number of benzene rings is 1. The number of alkyl halides is 4. The van der Waals surface area contributed by atoms with Crippen LogP contribution in [-0.2, 0) is 12.6 Å². The van der Waals surface area contributed by atoms with Gasteiger partial charge in [-0.15, -0.1) is 11.6 Å². The molecule has 1 aromatic heterocycles. The molecule has 0 radical (unpaired) electrons. The summed E-state index contributed by atoms with van der Waals surface area (Å²) in [6, 6.07) is 9.31. The zero-order valence-corrected chi connectivity index (χ0v) is 11.2. The summed E-state index contributed by atoms with van der Waals surface area (Å²) in [6.07, 6.45) is -2.40. The number of nitrogens with zero attached hydrogens (tertiary/aromatic N) is 1. The molecule has 0 aliphatic heterocycles. The summed E-state index contributed by atoms with van der Waals surface area (Å²) in [5, 5.41) is 2.68. The average Bonchev–Trinajstić information content (AvgIpc) is 2.41. The lowest BCUT2D eigenvalue weighted by Crippen LogP contribution is -2.09. The van der Waals surface area contributed by atoms with Crippen LogP contribution in [0.5, 0.6) is 0 Å². The van der Waals surface area contributed by atoms with Crippen molar-refractivity contribution in [3.8, 4) is 0 Å². The lowest BCUT2D eigenvalue weighted by Gasteiger charge is -2.13. The largest absolute Gasteiger partial charge is 0.419 e. The Hall–Kier alpha value is -1.75. The van der Waals surface area contributed by atoms with Crippen LogP contribution in [-0.4, -0.2) is 10.9 Å². The van der Waals surface area contributed by atoms with Gasteiger partial charge >= 0.3 is 6.18 Å². The van der Waals surface area contributed by atoms with E-state index in [0.717, 1.165) is 18.1 Å². The Morgan fingerprint density at radius 3 is 2.40 bits per heavy atom. The summed E-state index contributed by atoms with van der Waals surface area (Å²) in [6.45, 7) is 0. The second-order valence-electron chi connectivity index (χ2n) is 4.16. The van der Waals surface area contributed by atoms with Gasteiger partial charge in [0, 0.05) is 17.8 Å². The molecule has 2 rings (SSSR count). The van der Waals surface area contributed by atoms with Gasteiger partial charge in [0.25, 0.3) is 0 Å². The molecule has 0 amide bonds. The lowest BCUT2D eigenvalue weighted by molar-refractivity contribution is -0.137. The molecule has 0 aliphatic carbocycles. The molecule has 0 fully saturated rings. The Labute approximate surface area is 119 Å². The predicted molar refractivity (Wildman–Crippen MR) is 73.4 cm³/mol. The fourth-order valence-electron chi connectivity index (χ4n) is 1.73. The summed E-state index contributed by atoms with van der Waals surface area (Å²) in [4.78, 5) is 3.75. The van der Waals surface area contributed by atoms with Crippen molar-refractivity contribution in [2.24, 2.45) is 0 Å². The first-order valence-corrected chi connectivity index (χ1v) is 6.48. The monoisotopic (exact) mass is 300 g/mol. The number of aryl methyl sites for hydroxylation is 1. The molecule has 0 aliphatic rings. The molecule has 0 bridgehead atoms. The van der Waals surface area contributed by atoms with Gasteiger partial charge in [0.05, 0.1) is 5.56 Å². The first-order valence-electron chi connectivity index (χ1n) is 5.95. The highest BCUT2D eigenvalue weighted by Gasteiger charge is 2.34. The molecule has 2 aromatic rings. The Bertz CT molecular complexity index is 567. The molecule has 0 spiro atoms. The number of halogens is 4. The second-order valence-corrected chi connectivity index (χ2v) is 4.54. The number of pyridine rings is 1. The first-order chi connectivity index (χ1) is 9.50. The maximum absolute atomic E-state index is 12.8. The van der Waals surface area contributed by atoms with E-state index in [-0.39, 0.29) is 5.82 Å². The second kappa shape index (κ2) is 6.13. The highest BCUT2D eigenvalue weighted by atomic mass is 35.5. The molecule has 1 aromatic carbocycles. The van der Waals surface area contributed by atoms with Gasteiger partial charge in [0.1, 0.15) is 5.82 Å². The molecule has 1 heterocycles. The summed E-state index contributed by atoms with van der Waals surface area (Å²) in [5.74, 6) is 0.302. The zero-order valence-electron chi connectivity index (χ0n) is 10.4. The maximum Gasteiger partial charge on any atom is 0.419 e. The Morgan fingerprint density at radius 2 is 1.80 bits per heavy atom. The van der Waals surface area contributed by atoms with Crippen LogP contribution in [0.4, 0.5) is 24.7 Å². The van der Waals surface area contributed by atoms with Gasteiger partial charge < -0.3 is 5.32 Å². The fourth-order valence-corrected chi connectivity index (χ4v) is 1.95. The van der Waals surface area contributed by atoms with E-state index in [1.165, 1.54) is 12.3 Å². The number of nitrogens with one attached hydrogen (secondary N) is 1. The van der Waals surface area contributed by atoms with Gasteiger partial charge in [0.2, 0.25) is 0 Å². The molecule has 2 nitrogen and oxygen atoms in total. The van der Waals surface area contributed by atoms with Crippen LogP contribution in [0.15, 0.2) is 42.6 Å². The SMILES string of the molecule is FC(F)(F)c1cccnc1Nc1ccc(CCCl)cc1. The summed E-state index contributed by atoms with van der Waals surface area (Å²) < 4.78 is 38.5. The van der Waals surface area contributed by atoms with Crippen molar-refractivity contribution in [2.45, 2.75) is 12.6 Å². The van der Waals surface area contributed by atoms with Gasteiger partial charge in [-0.3, -0.25) is 0 Å². The Morgan fingerprint density at radius 1 is 1.10 bits per heavy atom. The van der Waals surface area contributed by atoms with E-state index in [2.05, 4.69) is 10.3 Å². The zero-order chi connectivity index (χ0) is 14.6. The minimum absolute atomic E-state index is 0.204. The van der Waals surface area contributed by atoms with Crippen molar-refractivity contribution >= 4 is 23.1 Å². The van der Waals surface area contributed by atoms with Crippen molar-refractivity contribution in [1.29, 1.82) is 0 Å². The van der Waals surface area contributed by atoms with Crippen molar-refractivity contribution in [2.75, 3.05) is 11.2 Å². The van der Waals surface area contributed by atoms with Crippen molar-refractivity contribution in [1.82, 2.24) is 4.98 Å². The van der Waals surface area contributed by atoms with Gasteiger partial charge in [-0.2, -0.15) is 13.2 Å². The van der Waals surface area contributed by atoms with Crippen LogP contribution in [0.2, 0.25) is 0 Å². The van der Waals surface area contributed by atoms with E-state index in [1.54, 1.807) is 12.1 Å². The number of rotatable bonds is 4. The van der Waals surface area contributed by atoms with Crippen molar-refractivity contribution in [3.05, 3.63) is 53.7 Å². The van der Waals surface area contributed by atoms with E-state index in [1.807, 2.05) is 12.1 Å². The van der Waals surface area contributed by atoms with Crippen LogP contribution in [0.3, 0.4) is 0 Å². The predicted octanol–water partition coefficient (Wildman–Crippen LogP) is 4.63. The van der Waals surface area contributed by atoms with Gasteiger partial charge in [0.15, 0.2) is 0 Å². The molecule has 0 saturated carbocycles. The van der Waals surface area contributed by atoms with Crippen LogP contribution in [0, 0.1) is 0 Å². The molecule has 6 heteroatoms. The fraction of sp³-hybridized carbons (Fsp3) is 0.214. The quantitative estimate of drug-likeness (QED) is 0.833. The van der Waals surface area contributed by atoms with Crippen LogP contribution < -0.4 is 5.32 Å². The molecule has 106 valence electrons. The van der Waals surface area contributed by atoms with E-state index >= 15 is 0 Å². The summed E-state index contributed by atoms with van der Waals surface area (Å²) >= 11 is 5.63. The summed E-state index contributed by atoms with van der Waals surface area (Å²) in [7, 11) is 0. The highest BCUT2D eigenvalue weighted by molar-refractivity contribution is 6.17. The molecule has 20 heavy (non-hydrogen) atoms. The maximum atomic E-state index is 12.8. The Balaban J connectivity index is 2.22. The number of aromatic nitrogens is 1. The van der Waals surface area contributed by atoms with E-state index in [9.17, 15) is 13.2 Å². The average molecular weight is 301 g/mol. The minimum Gasteiger partial charge on any atom is -0.340 e. The normalized spacial score (nSPS) is 11.4. The highest BCUT2D eigenvalue weighted by Crippen LogP contribution is 2.34. The third kappa shape index (κ3) is 3.63. The summed E-state index contributed by atoms with van der Waals surface area (Å²) in [5.41, 5.74) is 0.792. The van der Waals surface area contributed by atoms with Crippen LogP contribution in [0.1, 0.15) is 11.1 Å². The van der Waals surface area contributed by atoms with E-state index < -0.39 is 11.7 Å². The van der Waals surface area contributed by atoms with Crippen LogP contribution in [0.25, 0.3) is 0 Å². The molecule has 0 unspecified atom stereocenters. The van der Waals surface area contributed by atoms with Crippen molar-refractivity contribution in [3.63, 3.8) is 0 Å². The number of hydrogen-bond acceptors (Lipinski definition) is 2. The topological polar surface area (TPSA) is 24.9 Å². The lowest BCUT2D eigenvalue weighted by atomic mass is 10.1. The molecular weight excluding hydrogens is 289 g/mol. The van der Waals surface area contributed by atoms with Crippen LogP contribution >= 0.6 is 11.6 Å². The van der Waals surface area contributed by atoms with Gasteiger partial charge in [-0.05, 0) is 36.2 Å².